The third-order valence-electron chi connectivity index (χ3n) is 1.67. The Balaban J connectivity index is 4.09. The number of nitrogens with two attached hydrogens (primary N) is 1. The topological polar surface area (TPSA) is 26.0 Å². The van der Waals surface area contributed by atoms with Gasteiger partial charge in [0.2, 0.25) is 0 Å². The van der Waals surface area contributed by atoms with Gasteiger partial charge in [-0.15, -0.1) is 0 Å². The van der Waals surface area contributed by atoms with E-state index in [9.17, 15) is 8.78 Å². The van der Waals surface area contributed by atoms with Gasteiger partial charge in [0.15, 0.2) is 6.17 Å². The summed E-state index contributed by atoms with van der Waals surface area (Å²) in [6, 6.07) is 0. The zero-order valence-electron chi connectivity index (χ0n) is 6.98. The molecule has 2 unspecified atom stereocenters. The molecule has 0 aromatic carbocycles. The monoisotopic (exact) mass is 163 g/mol. The molecule has 0 saturated carbocycles. The minimum absolute atomic E-state index is 0.0953. The molecule has 66 valence electrons. The van der Waals surface area contributed by atoms with Crippen molar-refractivity contribution in [3.05, 3.63) is 11.6 Å². The molecule has 2 atom stereocenters. The van der Waals surface area contributed by atoms with Crippen molar-refractivity contribution in [3.63, 3.8) is 0 Å². The summed E-state index contributed by atoms with van der Waals surface area (Å²) in [6.07, 6.45) is -1.20. The van der Waals surface area contributed by atoms with Crippen LogP contribution >= 0.6 is 0 Å². The first-order valence-electron chi connectivity index (χ1n) is 3.80. The van der Waals surface area contributed by atoms with Crippen LogP contribution < -0.4 is 5.73 Å². The number of rotatable bonds is 4. The van der Waals surface area contributed by atoms with Gasteiger partial charge in [0, 0.05) is 6.54 Å². The highest BCUT2D eigenvalue weighted by atomic mass is 19.2. The summed E-state index contributed by atoms with van der Waals surface area (Å²) < 4.78 is 25.6. The molecular weight excluding hydrogens is 148 g/mol. The van der Waals surface area contributed by atoms with Crippen molar-refractivity contribution in [2.45, 2.75) is 32.6 Å². The van der Waals surface area contributed by atoms with E-state index in [0.717, 1.165) is 0 Å². The van der Waals surface area contributed by atoms with Gasteiger partial charge in [-0.25, -0.2) is 8.78 Å². The van der Waals surface area contributed by atoms with Crippen molar-refractivity contribution >= 4 is 0 Å². The molecule has 1 nitrogen and oxygen atoms in total. The van der Waals surface area contributed by atoms with Crippen LogP contribution in [0, 0.1) is 0 Å². The highest BCUT2D eigenvalue weighted by Crippen LogP contribution is 2.15. The molecule has 2 N–H and O–H groups in total. The fourth-order valence-electron chi connectivity index (χ4n) is 0.829. The molecule has 11 heavy (non-hydrogen) atoms. The van der Waals surface area contributed by atoms with E-state index < -0.39 is 12.3 Å². The van der Waals surface area contributed by atoms with E-state index in [1.807, 2.05) is 0 Å². The minimum atomic E-state index is -1.52. The van der Waals surface area contributed by atoms with Crippen molar-refractivity contribution in [2.75, 3.05) is 6.54 Å². The first-order chi connectivity index (χ1) is 5.17. The average molecular weight is 163 g/mol. The van der Waals surface area contributed by atoms with Crippen LogP contribution in [0.1, 0.15) is 20.3 Å². The molecule has 0 aliphatic carbocycles. The Morgan fingerprint density at radius 2 is 2.09 bits per heavy atom. The zero-order valence-corrected chi connectivity index (χ0v) is 6.98. The van der Waals surface area contributed by atoms with Gasteiger partial charge in [-0.3, -0.25) is 0 Å². The number of hydrogen-bond donors (Lipinski definition) is 1. The summed E-state index contributed by atoms with van der Waals surface area (Å²) in [5, 5.41) is 0. The Hall–Kier alpha value is -0.440. The van der Waals surface area contributed by atoms with E-state index in [1.54, 1.807) is 13.8 Å². The summed E-state index contributed by atoms with van der Waals surface area (Å²) in [5.41, 5.74) is 5.55. The molecule has 0 radical (unpaired) electrons. The standard InChI is InChI=1S/C8H15F2N/c1-3-6(5-11)8(10)7(9)4-2/h3,7-8H,4-5,11H2,1-2H3/b6-3-. The number of halogens is 2. The van der Waals surface area contributed by atoms with Crippen LogP contribution in [0.3, 0.4) is 0 Å². The van der Waals surface area contributed by atoms with Gasteiger partial charge < -0.3 is 5.73 Å². The van der Waals surface area contributed by atoms with Crippen molar-refractivity contribution in [1.29, 1.82) is 0 Å². The van der Waals surface area contributed by atoms with Gasteiger partial charge in [0.25, 0.3) is 0 Å². The maximum Gasteiger partial charge on any atom is 0.153 e. The van der Waals surface area contributed by atoms with Crippen molar-refractivity contribution in [2.24, 2.45) is 5.73 Å². The largest absolute Gasteiger partial charge is 0.327 e. The lowest BCUT2D eigenvalue weighted by molar-refractivity contribution is 0.189. The molecule has 0 saturated heterocycles. The fraction of sp³-hybridized carbons (Fsp3) is 0.750. The van der Waals surface area contributed by atoms with Gasteiger partial charge in [-0.1, -0.05) is 13.0 Å². The third-order valence-corrected chi connectivity index (χ3v) is 1.67. The SMILES string of the molecule is C/C=C(/CN)C(F)C(F)CC. The summed E-state index contributed by atoms with van der Waals surface area (Å²) in [4.78, 5) is 0. The lowest BCUT2D eigenvalue weighted by Crippen LogP contribution is -2.23. The normalized spacial score (nSPS) is 18.1. The molecule has 3 heteroatoms. The van der Waals surface area contributed by atoms with Crippen LogP contribution in [0.2, 0.25) is 0 Å². The van der Waals surface area contributed by atoms with Crippen LogP contribution in [0.4, 0.5) is 8.78 Å². The molecule has 0 aromatic rings. The second-order valence-electron chi connectivity index (χ2n) is 2.39. The van der Waals surface area contributed by atoms with Gasteiger partial charge in [-0.05, 0) is 18.9 Å². The molecule has 0 rings (SSSR count). The van der Waals surface area contributed by atoms with Crippen molar-refractivity contribution in [3.8, 4) is 0 Å². The Bertz CT molecular complexity index is 134. The maximum atomic E-state index is 12.9. The van der Waals surface area contributed by atoms with E-state index in [2.05, 4.69) is 0 Å². The van der Waals surface area contributed by atoms with E-state index in [1.165, 1.54) is 6.08 Å². The van der Waals surface area contributed by atoms with Crippen LogP contribution in [0.25, 0.3) is 0 Å². The highest BCUT2D eigenvalue weighted by molar-refractivity contribution is 5.10. The Morgan fingerprint density at radius 1 is 1.55 bits per heavy atom. The Kier molecular flexibility index (Phi) is 5.03. The van der Waals surface area contributed by atoms with E-state index in [0.29, 0.717) is 5.57 Å². The molecular formula is C8H15F2N. The quantitative estimate of drug-likeness (QED) is 0.630. The second-order valence-corrected chi connectivity index (χ2v) is 2.39. The Labute approximate surface area is 66.3 Å². The lowest BCUT2D eigenvalue weighted by atomic mass is 10.1. The van der Waals surface area contributed by atoms with Crippen LogP contribution in [-0.2, 0) is 0 Å². The zero-order chi connectivity index (χ0) is 8.85. The molecule has 0 heterocycles. The van der Waals surface area contributed by atoms with Crippen LogP contribution in [-0.4, -0.2) is 18.9 Å². The first-order valence-corrected chi connectivity index (χ1v) is 3.80. The third kappa shape index (κ3) is 2.97. The summed E-state index contributed by atoms with van der Waals surface area (Å²) in [6.45, 7) is 3.37. The number of alkyl halides is 2. The molecule has 0 bridgehead atoms. The average Bonchev–Trinajstić information content (AvgIpc) is 2.05. The van der Waals surface area contributed by atoms with Crippen molar-refractivity contribution in [1.82, 2.24) is 0 Å². The summed E-state index contributed by atoms with van der Waals surface area (Å²) >= 11 is 0. The van der Waals surface area contributed by atoms with Crippen LogP contribution in [0.5, 0.6) is 0 Å². The number of allylic oxidation sites excluding steroid dienone is 1. The van der Waals surface area contributed by atoms with Crippen LogP contribution in [0.15, 0.2) is 11.6 Å². The van der Waals surface area contributed by atoms with Gasteiger partial charge in [0.05, 0.1) is 0 Å². The molecule has 0 fully saturated rings. The second kappa shape index (κ2) is 5.24. The fourth-order valence-corrected chi connectivity index (χ4v) is 0.829. The molecule has 0 aromatic heterocycles. The minimum Gasteiger partial charge on any atom is -0.327 e. The van der Waals surface area contributed by atoms with E-state index in [4.69, 9.17) is 5.73 Å². The molecule has 0 amide bonds. The smallest absolute Gasteiger partial charge is 0.153 e. The predicted octanol–water partition coefficient (Wildman–Crippen LogP) is 1.98. The lowest BCUT2D eigenvalue weighted by Gasteiger charge is -2.13. The van der Waals surface area contributed by atoms with Crippen molar-refractivity contribution < 1.29 is 8.78 Å². The summed E-state index contributed by atoms with van der Waals surface area (Å²) in [5.74, 6) is 0. The van der Waals surface area contributed by atoms with E-state index in [-0.39, 0.29) is 13.0 Å². The predicted molar refractivity (Wildman–Crippen MR) is 42.9 cm³/mol. The van der Waals surface area contributed by atoms with E-state index >= 15 is 0 Å². The maximum absolute atomic E-state index is 12.9. The Morgan fingerprint density at radius 3 is 2.36 bits per heavy atom. The summed E-state index contributed by atoms with van der Waals surface area (Å²) in [7, 11) is 0. The molecule has 0 aliphatic heterocycles. The molecule has 0 spiro atoms. The van der Waals surface area contributed by atoms with Gasteiger partial charge in [-0.2, -0.15) is 0 Å². The number of hydrogen-bond acceptors (Lipinski definition) is 1. The first kappa shape index (κ1) is 10.6. The molecule has 0 aliphatic rings. The van der Waals surface area contributed by atoms with Gasteiger partial charge >= 0.3 is 0 Å². The van der Waals surface area contributed by atoms with Gasteiger partial charge in [0.1, 0.15) is 6.17 Å². The highest BCUT2D eigenvalue weighted by Gasteiger charge is 2.20.